The van der Waals surface area contributed by atoms with Gasteiger partial charge in [0.15, 0.2) is 0 Å². The van der Waals surface area contributed by atoms with Crippen LogP contribution in [0.2, 0.25) is 10.0 Å². The predicted molar refractivity (Wildman–Crippen MR) is 108 cm³/mol. The molecular weight excluding hydrogens is 383 g/mol. The number of hydrogen-bond acceptors (Lipinski definition) is 3. The van der Waals surface area contributed by atoms with Gasteiger partial charge in [-0.25, -0.2) is 0 Å². The fraction of sp³-hybridized carbons (Fsp3) is 0.0476. The largest absolute Gasteiger partial charge is 0.457 e. The van der Waals surface area contributed by atoms with Gasteiger partial charge >= 0.3 is 0 Å². The number of amides is 1. The van der Waals surface area contributed by atoms with Crippen molar-refractivity contribution in [2.45, 2.75) is 6.92 Å². The maximum Gasteiger partial charge on any atom is 0.266 e. The Bertz CT molecular complexity index is 1060. The second-order valence-corrected chi connectivity index (χ2v) is 6.66. The first-order valence-corrected chi connectivity index (χ1v) is 8.77. The third-order valence-corrected chi connectivity index (χ3v) is 4.34. The van der Waals surface area contributed by atoms with Crippen molar-refractivity contribution in [3.63, 3.8) is 0 Å². The Kier molecular flexibility index (Phi) is 5.66. The summed E-state index contributed by atoms with van der Waals surface area (Å²) in [5.74, 6) is 0.475. The summed E-state index contributed by atoms with van der Waals surface area (Å²) in [5.41, 5.74) is 2.16. The molecule has 0 spiro atoms. The molecule has 3 rings (SSSR count). The second-order valence-electron chi connectivity index (χ2n) is 5.79. The summed E-state index contributed by atoms with van der Waals surface area (Å²) in [6.45, 7) is 1.84. The third kappa shape index (κ3) is 4.59. The van der Waals surface area contributed by atoms with Gasteiger partial charge in [-0.15, -0.1) is 0 Å². The molecule has 0 unspecified atom stereocenters. The van der Waals surface area contributed by atoms with E-state index in [-0.39, 0.29) is 5.57 Å². The lowest BCUT2D eigenvalue weighted by Crippen LogP contribution is -2.14. The molecule has 0 saturated heterocycles. The zero-order chi connectivity index (χ0) is 19.4. The summed E-state index contributed by atoms with van der Waals surface area (Å²) in [4.78, 5) is 12.4. The SMILES string of the molecule is Cc1ccc(Cl)cc1NC(=O)/C(C#N)=C/c1ccc(-c2ccc(Cl)cc2)o1. The molecule has 0 bridgehead atoms. The van der Waals surface area contributed by atoms with Crippen LogP contribution < -0.4 is 5.32 Å². The van der Waals surface area contributed by atoms with E-state index in [1.54, 1.807) is 42.5 Å². The van der Waals surface area contributed by atoms with Crippen LogP contribution in [0.5, 0.6) is 0 Å². The molecule has 3 aromatic rings. The van der Waals surface area contributed by atoms with Gasteiger partial charge in [-0.1, -0.05) is 29.3 Å². The van der Waals surface area contributed by atoms with E-state index >= 15 is 0 Å². The van der Waals surface area contributed by atoms with Gasteiger partial charge in [-0.3, -0.25) is 4.79 Å². The molecule has 1 amide bonds. The average Bonchev–Trinajstić information content (AvgIpc) is 3.12. The maximum absolute atomic E-state index is 12.4. The van der Waals surface area contributed by atoms with Gasteiger partial charge in [0.25, 0.3) is 5.91 Å². The molecule has 0 atom stereocenters. The normalized spacial score (nSPS) is 11.1. The molecule has 1 heterocycles. The molecule has 0 radical (unpaired) electrons. The van der Waals surface area contributed by atoms with Gasteiger partial charge in [-0.2, -0.15) is 5.26 Å². The minimum atomic E-state index is -0.535. The number of halogens is 2. The number of aryl methyl sites for hydroxylation is 1. The molecule has 0 saturated carbocycles. The van der Waals surface area contributed by atoms with Gasteiger partial charge < -0.3 is 9.73 Å². The minimum Gasteiger partial charge on any atom is -0.457 e. The predicted octanol–water partition coefficient (Wildman–Crippen LogP) is 6.11. The molecule has 134 valence electrons. The van der Waals surface area contributed by atoms with Gasteiger partial charge in [-0.05, 0) is 61.0 Å². The van der Waals surface area contributed by atoms with Crippen LogP contribution in [-0.4, -0.2) is 5.91 Å². The summed E-state index contributed by atoms with van der Waals surface area (Å²) in [5, 5.41) is 13.2. The molecule has 0 aliphatic rings. The van der Waals surface area contributed by atoms with Crippen LogP contribution in [0.1, 0.15) is 11.3 Å². The van der Waals surface area contributed by atoms with E-state index in [0.29, 0.717) is 27.3 Å². The number of hydrogen-bond donors (Lipinski definition) is 1. The number of anilines is 1. The number of nitrogens with zero attached hydrogens (tertiary/aromatic N) is 1. The van der Waals surface area contributed by atoms with E-state index in [0.717, 1.165) is 11.1 Å². The first kappa shape index (κ1) is 18.8. The van der Waals surface area contributed by atoms with Crippen molar-refractivity contribution in [2.24, 2.45) is 0 Å². The molecule has 2 aromatic carbocycles. The molecule has 1 N–H and O–H groups in total. The van der Waals surface area contributed by atoms with E-state index < -0.39 is 5.91 Å². The van der Waals surface area contributed by atoms with Crippen molar-refractivity contribution in [3.8, 4) is 17.4 Å². The molecular formula is C21H14Cl2N2O2. The van der Waals surface area contributed by atoms with Crippen LogP contribution in [0.15, 0.2) is 64.6 Å². The highest BCUT2D eigenvalue weighted by Gasteiger charge is 2.13. The minimum absolute atomic E-state index is 0.0774. The standard InChI is InChI=1S/C21H14Cl2N2O2/c1-13-2-5-17(23)11-19(13)25-21(26)15(12-24)10-18-8-9-20(27-18)14-3-6-16(22)7-4-14/h2-11H,1H3,(H,25,26)/b15-10+. The van der Waals surface area contributed by atoms with E-state index in [9.17, 15) is 10.1 Å². The van der Waals surface area contributed by atoms with Crippen LogP contribution in [-0.2, 0) is 4.79 Å². The van der Waals surface area contributed by atoms with Gasteiger partial charge in [0.05, 0.1) is 0 Å². The number of rotatable bonds is 4. The lowest BCUT2D eigenvalue weighted by Gasteiger charge is -2.08. The molecule has 27 heavy (non-hydrogen) atoms. The Labute approximate surface area is 166 Å². The van der Waals surface area contributed by atoms with Crippen molar-refractivity contribution >= 4 is 40.9 Å². The van der Waals surface area contributed by atoms with Crippen molar-refractivity contribution in [1.82, 2.24) is 0 Å². The van der Waals surface area contributed by atoms with Crippen LogP contribution >= 0.6 is 23.2 Å². The van der Waals surface area contributed by atoms with Crippen LogP contribution in [0.25, 0.3) is 17.4 Å². The van der Waals surface area contributed by atoms with E-state index in [1.165, 1.54) is 6.08 Å². The molecule has 0 aliphatic carbocycles. The van der Waals surface area contributed by atoms with Crippen molar-refractivity contribution in [1.29, 1.82) is 5.26 Å². The first-order chi connectivity index (χ1) is 13.0. The third-order valence-electron chi connectivity index (χ3n) is 3.86. The Morgan fingerprint density at radius 2 is 1.78 bits per heavy atom. The van der Waals surface area contributed by atoms with Crippen LogP contribution in [0.3, 0.4) is 0 Å². The topological polar surface area (TPSA) is 66.0 Å². The Hall–Kier alpha value is -3.00. The highest BCUT2D eigenvalue weighted by Crippen LogP contribution is 2.25. The lowest BCUT2D eigenvalue weighted by atomic mass is 10.1. The summed E-state index contributed by atoms with van der Waals surface area (Å²) in [7, 11) is 0. The highest BCUT2D eigenvalue weighted by atomic mass is 35.5. The number of carbonyl (C=O) groups is 1. The monoisotopic (exact) mass is 396 g/mol. The van der Waals surface area contributed by atoms with Crippen molar-refractivity contribution < 1.29 is 9.21 Å². The van der Waals surface area contributed by atoms with Crippen molar-refractivity contribution in [2.75, 3.05) is 5.32 Å². The van der Waals surface area contributed by atoms with E-state index in [4.69, 9.17) is 27.6 Å². The molecule has 0 aliphatic heterocycles. The zero-order valence-corrected chi connectivity index (χ0v) is 15.8. The number of nitriles is 1. The maximum atomic E-state index is 12.4. The Morgan fingerprint density at radius 3 is 2.48 bits per heavy atom. The smallest absolute Gasteiger partial charge is 0.266 e. The highest BCUT2D eigenvalue weighted by molar-refractivity contribution is 6.31. The van der Waals surface area contributed by atoms with Crippen LogP contribution in [0, 0.1) is 18.3 Å². The second kappa shape index (κ2) is 8.13. The number of benzene rings is 2. The first-order valence-electron chi connectivity index (χ1n) is 8.01. The lowest BCUT2D eigenvalue weighted by molar-refractivity contribution is -0.112. The fourth-order valence-corrected chi connectivity index (χ4v) is 2.71. The summed E-state index contributed by atoms with van der Waals surface area (Å²) in [6, 6.07) is 17.7. The molecule has 4 nitrogen and oxygen atoms in total. The number of carbonyl (C=O) groups excluding carboxylic acids is 1. The summed E-state index contributed by atoms with van der Waals surface area (Å²) in [6.07, 6.45) is 1.40. The Morgan fingerprint density at radius 1 is 1.07 bits per heavy atom. The van der Waals surface area contributed by atoms with Crippen LogP contribution in [0.4, 0.5) is 5.69 Å². The fourth-order valence-electron chi connectivity index (χ4n) is 2.41. The van der Waals surface area contributed by atoms with Crippen molar-refractivity contribution in [3.05, 3.63) is 81.5 Å². The summed E-state index contributed by atoms with van der Waals surface area (Å²) >= 11 is 11.8. The molecule has 0 fully saturated rings. The van der Waals surface area contributed by atoms with Gasteiger partial charge in [0.1, 0.15) is 23.2 Å². The number of nitrogens with one attached hydrogen (secondary N) is 1. The average molecular weight is 397 g/mol. The van der Waals surface area contributed by atoms with Gasteiger partial charge in [0, 0.05) is 27.4 Å². The van der Waals surface area contributed by atoms with E-state index in [1.807, 2.05) is 25.1 Å². The molecule has 1 aromatic heterocycles. The van der Waals surface area contributed by atoms with E-state index in [2.05, 4.69) is 5.32 Å². The quantitative estimate of drug-likeness (QED) is 0.427. The molecule has 6 heteroatoms. The number of furan rings is 1. The van der Waals surface area contributed by atoms with Gasteiger partial charge in [0.2, 0.25) is 0 Å². The zero-order valence-electron chi connectivity index (χ0n) is 14.3. The summed E-state index contributed by atoms with van der Waals surface area (Å²) < 4.78 is 5.71. The Balaban J connectivity index is 1.82.